The Labute approximate surface area is 141 Å². The molecule has 2 aromatic heterocycles. The number of aryl methyl sites for hydroxylation is 1. The van der Waals surface area contributed by atoms with Crippen LogP contribution in [-0.2, 0) is 4.74 Å². The van der Waals surface area contributed by atoms with E-state index < -0.39 is 5.97 Å². The third-order valence-corrected chi connectivity index (χ3v) is 3.77. The molecular weight excluding hydrogens is 306 g/mol. The third kappa shape index (κ3) is 3.82. The highest BCUT2D eigenvalue weighted by Gasteiger charge is 2.24. The van der Waals surface area contributed by atoms with Crippen molar-refractivity contribution in [2.75, 3.05) is 0 Å². The van der Waals surface area contributed by atoms with Crippen LogP contribution < -0.4 is 5.32 Å². The summed E-state index contributed by atoms with van der Waals surface area (Å²) in [6, 6.07) is 3.53. The van der Waals surface area contributed by atoms with Crippen LogP contribution in [0.5, 0.6) is 0 Å². The number of H-pyrrole nitrogens is 1. The van der Waals surface area contributed by atoms with E-state index in [0.29, 0.717) is 22.5 Å². The zero-order chi connectivity index (χ0) is 17.9. The Balaban J connectivity index is 2.20. The number of rotatable bonds is 5. The van der Waals surface area contributed by atoms with Gasteiger partial charge in [0.2, 0.25) is 0 Å². The molecule has 0 aliphatic heterocycles. The normalized spacial score (nSPS) is 12.1. The van der Waals surface area contributed by atoms with E-state index in [1.54, 1.807) is 40.1 Å². The topological polar surface area (TPSA) is 84.1 Å². The molecule has 2 rings (SSSR count). The Morgan fingerprint density at radius 1 is 1.17 bits per heavy atom. The summed E-state index contributed by atoms with van der Waals surface area (Å²) in [7, 11) is 0. The summed E-state index contributed by atoms with van der Waals surface area (Å²) in [6.07, 6.45) is 3.15. The standard InChI is InChI=1S/C18H23N3O3/c1-10(2)24-18(23)15-11(3)16(20-13(15)5)17(22)21-12(4)14-6-8-19-9-7-14/h6-10,12,20H,1-5H3,(H,21,22). The molecule has 24 heavy (non-hydrogen) atoms. The maximum absolute atomic E-state index is 12.5. The lowest BCUT2D eigenvalue weighted by Crippen LogP contribution is -2.27. The lowest BCUT2D eigenvalue weighted by atomic mass is 10.1. The van der Waals surface area contributed by atoms with Crippen LogP contribution in [0.15, 0.2) is 24.5 Å². The monoisotopic (exact) mass is 329 g/mol. The molecule has 0 aromatic carbocycles. The summed E-state index contributed by atoms with van der Waals surface area (Å²) in [4.78, 5) is 31.7. The Morgan fingerprint density at radius 2 is 1.79 bits per heavy atom. The maximum atomic E-state index is 12.5. The SMILES string of the molecule is Cc1[nH]c(C(=O)NC(C)c2ccncc2)c(C)c1C(=O)OC(C)C. The molecule has 2 aromatic rings. The van der Waals surface area contributed by atoms with Crippen molar-refractivity contribution in [2.45, 2.75) is 46.8 Å². The van der Waals surface area contributed by atoms with Crippen LogP contribution in [0, 0.1) is 13.8 Å². The number of aromatic amines is 1. The molecule has 0 bridgehead atoms. The van der Waals surface area contributed by atoms with Crippen molar-refractivity contribution in [3.05, 3.63) is 52.6 Å². The number of hydrogen-bond acceptors (Lipinski definition) is 4. The van der Waals surface area contributed by atoms with Gasteiger partial charge in [0.1, 0.15) is 5.69 Å². The van der Waals surface area contributed by atoms with Crippen LogP contribution in [0.3, 0.4) is 0 Å². The molecule has 0 spiro atoms. The van der Waals surface area contributed by atoms with Gasteiger partial charge in [-0.1, -0.05) is 0 Å². The molecule has 1 amide bonds. The molecule has 0 radical (unpaired) electrons. The van der Waals surface area contributed by atoms with Gasteiger partial charge in [-0.05, 0) is 57.9 Å². The highest BCUT2D eigenvalue weighted by molar-refractivity contribution is 6.00. The number of aromatic nitrogens is 2. The second kappa shape index (κ2) is 7.29. The molecule has 128 valence electrons. The fourth-order valence-electron chi connectivity index (χ4n) is 2.56. The van der Waals surface area contributed by atoms with Gasteiger partial charge in [0.15, 0.2) is 0 Å². The number of esters is 1. The van der Waals surface area contributed by atoms with Gasteiger partial charge in [-0.25, -0.2) is 4.79 Å². The molecule has 0 saturated heterocycles. The van der Waals surface area contributed by atoms with Crippen molar-refractivity contribution < 1.29 is 14.3 Å². The van der Waals surface area contributed by atoms with Gasteiger partial charge in [0, 0.05) is 18.1 Å². The molecule has 0 aliphatic carbocycles. The number of pyridine rings is 1. The number of nitrogens with one attached hydrogen (secondary N) is 2. The van der Waals surface area contributed by atoms with Crippen LogP contribution >= 0.6 is 0 Å². The number of amides is 1. The van der Waals surface area contributed by atoms with E-state index in [4.69, 9.17) is 4.74 Å². The predicted octanol–water partition coefficient (Wildman–Crippen LogP) is 3.08. The average Bonchev–Trinajstić information content (AvgIpc) is 2.82. The first-order chi connectivity index (χ1) is 11.3. The summed E-state index contributed by atoms with van der Waals surface area (Å²) >= 11 is 0. The van der Waals surface area contributed by atoms with Crippen molar-refractivity contribution in [3.63, 3.8) is 0 Å². The number of carbonyl (C=O) groups excluding carboxylic acids is 2. The van der Waals surface area contributed by atoms with Crippen LogP contribution in [0.4, 0.5) is 0 Å². The minimum absolute atomic E-state index is 0.172. The zero-order valence-electron chi connectivity index (χ0n) is 14.6. The first-order valence-electron chi connectivity index (χ1n) is 7.92. The van der Waals surface area contributed by atoms with Crippen molar-refractivity contribution in [1.82, 2.24) is 15.3 Å². The van der Waals surface area contributed by atoms with E-state index in [0.717, 1.165) is 5.56 Å². The van der Waals surface area contributed by atoms with E-state index >= 15 is 0 Å². The summed E-state index contributed by atoms with van der Waals surface area (Å²) in [6.45, 7) is 8.98. The average molecular weight is 329 g/mol. The largest absolute Gasteiger partial charge is 0.459 e. The smallest absolute Gasteiger partial charge is 0.340 e. The van der Waals surface area contributed by atoms with Gasteiger partial charge in [-0.15, -0.1) is 0 Å². The summed E-state index contributed by atoms with van der Waals surface area (Å²) in [5, 5.41) is 2.92. The first-order valence-corrected chi connectivity index (χ1v) is 7.92. The molecule has 0 fully saturated rings. The third-order valence-electron chi connectivity index (χ3n) is 3.77. The second-order valence-corrected chi connectivity index (χ2v) is 6.05. The minimum atomic E-state index is -0.419. The quantitative estimate of drug-likeness (QED) is 0.826. The maximum Gasteiger partial charge on any atom is 0.340 e. The van der Waals surface area contributed by atoms with Gasteiger partial charge in [-0.2, -0.15) is 0 Å². The Kier molecular flexibility index (Phi) is 5.39. The van der Waals surface area contributed by atoms with Gasteiger partial charge in [-0.3, -0.25) is 9.78 Å². The Bertz CT molecular complexity index is 735. The van der Waals surface area contributed by atoms with Gasteiger partial charge in [0.25, 0.3) is 5.91 Å². The predicted molar refractivity (Wildman–Crippen MR) is 90.9 cm³/mol. The van der Waals surface area contributed by atoms with Gasteiger partial charge < -0.3 is 15.0 Å². The molecule has 2 heterocycles. The number of ether oxygens (including phenoxy) is 1. The number of nitrogens with zero attached hydrogens (tertiary/aromatic N) is 1. The Morgan fingerprint density at radius 3 is 2.38 bits per heavy atom. The van der Waals surface area contributed by atoms with Crippen LogP contribution in [0.2, 0.25) is 0 Å². The fraction of sp³-hybridized carbons (Fsp3) is 0.389. The molecule has 6 heteroatoms. The molecule has 1 atom stereocenters. The van der Waals surface area contributed by atoms with Crippen LogP contribution in [-0.4, -0.2) is 27.9 Å². The van der Waals surface area contributed by atoms with E-state index in [1.165, 1.54) is 0 Å². The van der Waals surface area contributed by atoms with Crippen LogP contribution in [0.25, 0.3) is 0 Å². The molecule has 0 aliphatic rings. The number of carbonyl (C=O) groups is 2. The van der Waals surface area contributed by atoms with E-state index in [1.807, 2.05) is 19.1 Å². The highest BCUT2D eigenvalue weighted by atomic mass is 16.5. The van der Waals surface area contributed by atoms with Crippen LogP contribution in [0.1, 0.15) is 64.5 Å². The lowest BCUT2D eigenvalue weighted by molar-refractivity contribution is 0.0376. The summed E-state index contributed by atoms with van der Waals surface area (Å²) in [5.74, 6) is -0.680. The molecule has 0 saturated carbocycles. The summed E-state index contributed by atoms with van der Waals surface area (Å²) < 4.78 is 5.24. The van der Waals surface area contributed by atoms with Gasteiger partial charge >= 0.3 is 5.97 Å². The molecule has 6 nitrogen and oxygen atoms in total. The lowest BCUT2D eigenvalue weighted by Gasteiger charge is -2.14. The summed E-state index contributed by atoms with van der Waals surface area (Å²) in [5.41, 5.74) is 2.98. The van der Waals surface area contributed by atoms with E-state index in [9.17, 15) is 9.59 Å². The number of hydrogen-bond donors (Lipinski definition) is 2. The molecule has 2 N–H and O–H groups in total. The van der Waals surface area contributed by atoms with Crippen molar-refractivity contribution in [2.24, 2.45) is 0 Å². The second-order valence-electron chi connectivity index (χ2n) is 6.05. The minimum Gasteiger partial charge on any atom is -0.459 e. The molecular formula is C18H23N3O3. The highest BCUT2D eigenvalue weighted by Crippen LogP contribution is 2.20. The zero-order valence-corrected chi connectivity index (χ0v) is 14.6. The van der Waals surface area contributed by atoms with Crippen molar-refractivity contribution in [1.29, 1.82) is 0 Å². The van der Waals surface area contributed by atoms with E-state index in [2.05, 4.69) is 15.3 Å². The Hall–Kier alpha value is -2.63. The first kappa shape index (κ1) is 17.7. The molecule has 1 unspecified atom stereocenters. The van der Waals surface area contributed by atoms with E-state index in [-0.39, 0.29) is 18.1 Å². The fourth-order valence-corrected chi connectivity index (χ4v) is 2.56. The van der Waals surface area contributed by atoms with Gasteiger partial charge in [0.05, 0.1) is 17.7 Å². The van der Waals surface area contributed by atoms with Crippen molar-refractivity contribution in [3.8, 4) is 0 Å². The van der Waals surface area contributed by atoms with Crippen molar-refractivity contribution >= 4 is 11.9 Å².